The maximum absolute atomic E-state index is 11.7. The molecule has 0 radical (unpaired) electrons. The number of aromatic nitrogens is 1. The number of nitrogens with two attached hydrogens (primary N) is 1. The van der Waals surface area contributed by atoms with Crippen LogP contribution >= 0.6 is 11.3 Å². The molecule has 1 heterocycles. The summed E-state index contributed by atoms with van der Waals surface area (Å²) in [4.78, 5) is 14.6. The number of anilines is 1. The molecule has 1 aromatic rings. The highest BCUT2D eigenvalue weighted by Crippen LogP contribution is 2.24. The number of hydrogen-bond acceptors (Lipinski definition) is 5. The van der Waals surface area contributed by atoms with Crippen LogP contribution in [0.5, 0.6) is 0 Å². The van der Waals surface area contributed by atoms with E-state index in [2.05, 4.69) is 4.98 Å². The molecule has 1 rings (SSSR count). The molecule has 5 nitrogen and oxygen atoms in total. The van der Waals surface area contributed by atoms with Crippen molar-refractivity contribution in [2.75, 3.05) is 11.5 Å². The fourth-order valence-corrected chi connectivity index (χ4v) is 3.15. The summed E-state index contributed by atoms with van der Waals surface area (Å²) in [5.74, 6) is -0.905. The quantitative estimate of drug-likeness (QED) is 0.827. The molecule has 0 spiro atoms. The molecule has 0 saturated carbocycles. The molecule has 0 fully saturated rings. The maximum Gasteiger partial charge on any atom is 0.310 e. The van der Waals surface area contributed by atoms with Crippen molar-refractivity contribution in [3.8, 4) is 0 Å². The van der Waals surface area contributed by atoms with E-state index in [1.54, 1.807) is 0 Å². The third-order valence-corrected chi connectivity index (χ3v) is 4.76. The summed E-state index contributed by atoms with van der Waals surface area (Å²) in [6.45, 7) is 3.08. The molecule has 0 aromatic carbocycles. The average molecular weight is 248 g/mol. The Bertz CT molecular complexity index is 400. The van der Waals surface area contributed by atoms with Gasteiger partial charge in [-0.15, -0.1) is 0 Å². The van der Waals surface area contributed by atoms with E-state index in [1.165, 1.54) is 20.0 Å². The van der Waals surface area contributed by atoms with Crippen LogP contribution in [0.2, 0.25) is 0 Å². The van der Waals surface area contributed by atoms with Gasteiger partial charge in [0.15, 0.2) is 5.13 Å². The highest BCUT2D eigenvalue weighted by Gasteiger charge is 2.30. The van der Waals surface area contributed by atoms with Gasteiger partial charge in [0.05, 0.1) is 22.4 Å². The van der Waals surface area contributed by atoms with Gasteiger partial charge in [-0.1, -0.05) is 11.3 Å². The molecule has 1 atom stereocenters. The van der Waals surface area contributed by atoms with E-state index in [4.69, 9.17) is 10.8 Å². The van der Waals surface area contributed by atoms with E-state index >= 15 is 0 Å². The van der Waals surface area contributed by atoms with Gasteiger partial charge in [0.25, 0.3) is 0 Å². The van der Waals surface area contributed by atoms with Crippen molar-refractivity contribution in [1.29, 1.82) is 0 Å². The second-order valence-corrected chi connectivity index (χ2v) is 6.44. The molecule has 0 aliphatic carbocycles. The zero-order valence-corrected chi connectivity index (χ0v) is 10.0. The monoisotopic (exact) mass is 248 g/mol. The van der Waals surface area contributed by atoms with Crippen LogP contribution in [0.1, 0.15) is 13.8 Å². The Morgan fingerprint density at radius 3 is 2.73 bits per heavy atom. The number of carboxylic acids is 1. The first kappa shape index (κ1) is 12.1. The lowest BCUT2D eigenvalue weighted by Gasteiger charge is -2.17. The molecule has 0 amide bonds. The Balaban J connectivity index is 2.76. The van der Waals surface area contributed by atoms with Crippen molar-refractivity contribution in [3.05, 3.63) is 6.20 Å². The lowest BCUT2D eigenvalue weighted by atomic mass is 9.97. The Morgan fingerprint density at radius 2 is 2.33 bits per heavy atom. The smallest absolute Gasteiger partial charge is 0.310 e. The Kier molecular flexibility index (Phi) is 3.46. The summed E-state index contributed by atoms with van der Waals surface area (Å²) in [6, 6.07) is 0. The number of hydrogen-bond donors (Lipinski definition) is 2. The standard InChI is InChI=1S/C8H12N2O3S2/c1-8(2,6(11)12)4-15(13)5-3-10-7(9)14-5/h3H,4H2,1-2H3,(H2,9,10)(H,11,12). The van der Waals surface area contributed by atoms with Crippen molar-refractivity contribution >= 4 is 33.2 Å². The Labute approximate surface area is 93.8 Å². The molecule has 0 bridgehead atoms. The fraction of sp³-hybridized carbons (Fsp3) is 0.500. The summed E-state index contributed by atoms with van der Waals surface area (Å²) in [7, 11) is -1.36. The van der Waals surface area contributed by atoms with Gasteiger partial charge < -0.3 is 10.8 Å². The average Bonchev–Trinajstić information content (AvgIpc) is 2.50. The normalized spacial score (nSPS) is 13.7. The second kappa shape index (κ2) is 4.28. The summed E-state index contributed by atoms with van der Waals surface area (Å²) < 4.78 is 12.3. The number of thiazole rings is 1. The minimum atomic E-state index is -1.36. The molecule has 15 heavy (non-hydrogen) atoms. The van der Waals surface area contributed by atoms with Gasteiger partial charge in [-0.3, -0.25) is 9.00 Å². The highest BCUT2D eigenvalue weighted by molar-refractivity contribution is 7.87. The van der Waals surface area contributed by atoms with Crippen LogP contribution in [-0.4, -0.2) is 26.0 Å². The van der Waals surface area contributed by atoms with Gasteiger partial charge in [0.2, 0.25) is 0 Å². The predicted molar refractivity (Wildman–Crippen MR) is 59.2 cm³/mol. The number of carboxylic acid groups (broad SMARTS) is 1. The van der Waals surface area contributed by atoms with Crippen LogP contribution in [0, 0.1) is 5.41 Å². The fourth-order valence-electron chi connectivity index (χ4n) is 0.838. The summed E-state index contributed by atoms with van der Waals surface area (Å²) >= 11 is 1.12. The highest BCUT2D eigenvalue weighted by atomic mass is 32.2. The van der Waals surface area contributed by atoms with Gasteiger partial charge in [0, 0.05) is 5.75 Å². The molecule has 0 aliphatic heterocycles. The summed E-state index contributed by atoms with van der Waals surface area (Å²) in [5.41, 5.74) is 4.39. The molecule has 84 valence electrons. The van der Waals surface area contributed by atoms with E-state index in [0.717, 1.165) is 11.3 Å². The third-order valence-electron chi connectivity index (χ3n) is 1.80. The first-order valence-corrected chi connectivity index (χ1v) is 6.29. The van der Waals surface area contributed by atoms with Crippen LogP contribution < -0.4 is 5.73 Å². The van der Waals surface area contributed by atoms with Gasteiger partial charge in [-0.25, -0.2) is 4.98 Å². The van der Waals surface area contributed by atoms with E-state index in [-0.39, 0.29) is 5.75 Å². The summed E-state index contributed by atoms with van der Waals surface area (Å²) in [5, 5.41) is 9.21. The van der Waals surface area contributed by atoms with Gasteiger partial charge in [-0.05, 0) is 13.8 Å². The minimum absolute atomic E-state index is 0.0595. The maximum atomic E-state index is 11.7. The van der Waals surface area contributed by atoms with Gasteiger partial charge in [-0.2, -0.15) is 0 Å². The van der Waals surface area contributed by atoms with Crippen LogP contribution in [0.3, 0.4) is 0 Å². The van der Waals surface area contributed by atoms with Gasteiger partial charge in [0.1, 0.15) is 4.21 Å². The van der Waals surface area contributed by atoms with E-state index in [1.807, 2.05) is 0 Å². The Morgan fingerprint density at radius 1 is 1.73 bits per heavy atom. The minimum Gasteiger partial charge on any atom is -0.481 e. The Hall–Kier alpha value is -0.950. The third kappa shape index (κ3) is 3.00. The lowest BCUT2D eigenvalue weighted by molar-refractivity contribution is -0.145. The van der Waals surface area contributed by atoms with Crippen LogP contribution in [0.25, 0.3) is 0 Å². The topological polar surface area (TPSA) is 93.3 Å². The molecule has 0 aliphatic rings. The first-order valence-electron chi connectivity index (χ1n) is 4.16. The van der Waals surface area contributed by atoms with Crippen LogP contribution in [0.4, 0.5) is 5.13 Å². The van der Waals surface area contributed by atoms with E-state index in [9.17, 15) is 9.00 Å². The number of nitrogens with zero attached hydrogens (tertiary/aromatic N) is 1. The predicted octanol–water partition coefficient (Wildman–Crippen LogP) is 0.944. The molecule has 3 N–H and O–H groups in total. The molecule has 1 unspecified atom stereocenters. The summed E-state index contributed by atoms with van der Waals surface area (Å²) in [6.07, 6.45) is 1.42. The van der Waals surface area contributed by atoms with Crippen molar-refractivity contribution in [2.45, 2.75) is 18.1 Å². The zero-order valence-electron chi connectivity index (χ0n) is 8.39. The lowest BCUT2D eigenvalue weighted by Crippen LogP contribution is -2.29. The van der Waals surface area contributed by atoms with Crippen LogP contribution in [0.15, 0.2) is 10.4 Å². The van der Waals surface area contributed by atoms with E-state index in [0.29, 0.717) is 9.34 Å². The number of aliphatic carboxylic acids is 1. The molecule has 1 aromatic heterocycles. The van der Waals surface area contributed by atoms with Crippen molar-refractivity contribution < 1.29 is 14.1 Å². The van der Waals surface area contributed by atoms with Crippen LogP contribution in [-0.2, 0) is 15.6 Å². The zero-order chi connectivity index (χ0) is 11.6. The SMILES string of the molecule is CC(C)(CS(=O)c1cnc(N)s1)C(=O)O. The molecular formula is C8H12N2O3S2. The van der Waals surface area contributed by atoms with Gasteiger partial charge >= 0.3 is 5.97 Å². The molecule has 7 heteroatoms. The van der Waals surface area contributed by atoms with Crippen molar-refractivity contribution in [3.63, 3.8) is 0 Å². The molecular weight excluding hydrogens is 236 g/mol. The van der Waals surface area contributed by atoms with Crippen molar-refractivity contribution in [2.24, 2.45) is 5.41 Å². The number of rotatable bonds is 4. The van der Waals surface area contributed by atoms with E-state index < -0.39 is 22.2 Å². The first-order chi connectivity index (χ1) is 6.83. The second-order valence-electron chi connectivity index (χ2n) is 3.70. The largest absolute Gasteiger partial charge is 0.481 e. The molecule has 0 saturated heterocycles. The number of carbonyl (C=O) groups is 1. The number of nitrogen functional groups attached to an aromatic ring is 1. The van der Waals surface area contributed by atoms with Crippen molar-refractivity contribution in [1.82, 2.24) is 4.98 Å².